The van der Waals surface area contributed by atoms with Gasteiger partial charge in [-0.15, -0.1) is 0 Å². The zero-order valence-electron chi connectivity index (χ0n) is 5.18. The Bertz CT molecular complexity index is 80.5. The van der Waals surface area contributed by atoms with Gasteiger partial charge in [-0.05, 0) is 6.92 Å². The predicted molar refractivity (Wildman–Crippen MR) is 30.5 cm³/mol. The van der Waals surface area contributed by atoms with E-state index in [4.69, 9.17) is 5.73 Å². The molecule has 0 bridgehead atoms. The van der Waals surface area contributed by atoms with Crippen LogP contribution >= 0.6 is 0 Å². The van der Waals surface area contributed by atoms with Crippen molar-refractivity contribution in [3.8, 4) is 0 Å². The van der Waals surface area contributed by atoms with Crippen LogP contribution < -0.4 is 5.73 Å². The summed E-state index contributed by atoms with van der Waals surface area (Å²) >= 11 is 0. The van der Waals surface area contributed by atoms with E-state index in [0.29, 0.717) is 0 Å². The highest BCUT2D eigenvalue weighted by Crippen LogP contribution is 1.78. The zero-order chi connectivity index (χ0) is 6.57. The first-order valence-corrected chi connectivity index (χ1v) is 2.45. The largest absolute Gasteiger partial charge is 0.377 e. The molecule has 0 aliphatic heterocycles. The van der Waals surface area contributed by atoms with Crippen LogP contribution in [-0.2, 0) is 9.53 Å². The lowest BCUT2D eigenvalue weighted by molar-refractivity contribution is -0.123. The first-order chi connectivity index (χ1) is 3.68. The summed E-state index contributed by atoms with van der Waals surface area (Å²) in [5.41, 5.74) is 5.19. The van der Waals surface area contributed by atoms with Crippen molar-refractivity contribution in [2.24, 2.45) is 5.73 Å². The predicted octanol–water partition coefficient (Wildman–Crippen LogP) is -0.451. The normalized spacial score (nSPS) is 13.4. The van der Waals surface area contributed by atoms with E-state index in [0.717, 1.165) is 0 Å². The molecule has 3 nitrogen and oxygen atoms in total. The van der Waals surface area contributed by atoms with Crippen molar-refractivity contribution >= 4 is 5.78 Å². The minimum Gasteiger partial charge on any atom is -0.377 e. The molecule has 0 aromatic rings. The maximum Gasteiger partial charge on any atom is 0.174 e. The average molecular weight is 117 g/mol. The molecule has 8 heavy (non-hydrogen) atoms. The third-order valence-corrected chi connectivity index (χ3v) is 0.794. The van der Waals surface area contributed by atoms with Crippen LogP contribution in [0.1, 0.15) is 6.92 Å². The lowest BCUT2D eigenvalue weighted by Crippen LogP contribution is -2.29. The average Bonchev–Trinajstić information content (AvgIpc) is 1.67. The van der Waals surface area contributed by atoms with Crippen LogP contribution in [-0.4, -0.2) is 25.5 Å². The molecular weight excluding hydrogens is 106 g/mol. The first kappa shape index (κ1) is 7.59. The molecule has 48 valence electrons. The Morgan fingerprint density at radius 3 is 2.50 bits per heavy atom. The highest BCUT2D eigenvalue weighted by atomic mass is 16.5. The van der Waals surface area contributed by atoms with Gasteiger partial charge in [0.2, 0.25) is 0 Å². The Labute approximate surface area is 48.8 Å². The smallest absolute Gasteiger partial charge is 0.174 e. The van der Waals surface area contributed by atoms with E-state index >= 15 is 0 Å². The second-order valence-corrected chi connectivity index (χ2v) is 1.69. The van der Waals surface area contributed by atoms with Crippen LogP contribution in [0.2, 0.25) is 0 Å². The summed E-state index contributed by atoms with van der Waals surface area (Å²) in [6.07, 6.45) is 0. The molecule has 1 atom stereocenters. The highest BCUT2D eigenvalue weighted by Gasteiger charge is 2.04. The third-order valence-electron chi connectivity index (χ3n) is 0.794. The Kier molecular flexibility index (Phi) is 3.39. The molecule has 1 unspecified atom stereocenters. The zero-order valence-corrected chi connectivity index (χ0v) is 5.18. The second-order valence-electron chi connectivity index (χ2n) is 1.69. The van der Waals surface area contributed by atoms with Gasteiger partial charge in [0.25, 0.3) is 0 Å². The summed E-state index contributed by atoms with van der Waals surface area (Å²) in [7, 11) is 1.47. The molecule has 0 heterocycles. The van der Waals surface area contributed by atoms with Gasteiger partial charge >= 0.3 is 0 Å². The molecule has 2 N–H and O–H groups in total. The fraction of sp³-hybridized carbons (Fsp3) is 0.800. The number of carbonyl (C=O) groups excluding carboxylic acids is 1. The number of hydrogen-bond acceptors (Lipinski definition) is 3. The second kappa shape index (κ2) is 3.57. The van der Waals surface area contributed by atoms with Gasteiger partial charge in [0.1, 0.15) is 6.61 Å². The topological polar surface area (TPSA) is 52.3 Å². The van der Waals surface area contributed by atoms with Crippen molar-refractivity contribution in [2.45, 2.75) is 13.0 Å². The van der Waals surface area contributed by atoms with E-state index in [1.807, 2.05) is 0 Å². The number of ketones is 1. The molecule has 0 saturated carbocycles. The minimum absolute atomic E-state index is 0.0625. The van der Waals surface area contributed by atoms with Gasteiger partial charge in [-0.2, -0.15) is 0 Å². The minimum atomic E-state index is -0.394. The Morgan fingerprint density at radius 2 is 2.38 bits per heavy atom. The van der Waals surface area contributed by atoms with Crippen LogP contribution in [0.3, 0.4) is 0 Å². The summed E-state index contributed by atoms with van der Waals surface area (Å²) in [4.78, 5) is 10.5. The van der Waals surface area contributed by atoms with Gasteiger partial charge in [0, 0.05) is 7.11 Å². The quantitative estimate of drug-likeness (QED) is 0.544. The standard InChI is InChI=1S/C5H11NO2/c1-4(6)5(7)3-8-2/h4H,3,6H2,1-2H3. The highest BCUT2D eigenvalue weighted by molar-refractivity contribution is 5.84. The molecular formula is C5H11NO2. The van der Waals surface area contributed by atoms with Crippen LogP contribution in [0, 0.1) is 0 Å². The van der Waals surface area contributed by atoms with Gasteiger partial charge < -0.3 is 10.5 Å². The summed E-state index contributed by atoms with van der Waals surface area (Å²) in [5, 5.41) is 0. The molecule has 0 aliphatic rings. The molecule has 0 aromatic carbocycles. The van der Waals surface area contributed by atoms with Crippen LogP contribution in [0.15, 0.2) is 0 Å². The van der Waals surface area contributed by atoms with Crippen LogP contribution in [0.5, 0.6) is 0 Å². The van der Waals surface area contributed by atoms with Crippen LogP contribution in [0.4, 0.5) is 0 Å². The van der Waals surface area contributed by atoms with Crippen molar-refractivity contribution in [3.05, 3.63) is 0 Å². The van der Waals surface area contributed by atoms with Gasteiger partial charge in [-0.3, -0.25) is 4.79 Å². The number of nitrogens with two attached hydrogens (primary N) is 1. The Morgan fingerprint density at radius 1 is 1.88 bits per heavy atom. The van der Waals surface area contributed by atoms with Gasteiger partial charge in [0.05, 0.1) is 6.04 Å². The number of rotatable bonds is 3. The monoisotopic (exact) mass is 117 g/mol. The van der Waals surface area contributed by atoms with Crippen LogP contribution in [0.25, 0.3) is 0 Å². The fourth-order valence-electron chi connectivity index (χ4n) is 0.274. The van der Waals surface area contributed by atoms with E-state index in [1.165, 1.54) is 7.11 Å². The van der Waals surface area contributed by atoms with Crippen molar-refractivity contribution in [1.29, 1.82) is 0 Å². The van der Waals surface area contributed by atoms with E-state index in [-0.39, 0.29) is 12.4 Å². The molecule has 0 rings (SSSR count). The number of Topliss-reactive ketones (excluding diaryl/α,β-unsaturated/α-hetero) is 1. The van der Waals surface area contributed by atoms with Gasteiger partial charge in [-0.1, -0.05) is 0 Å². The molecule has 0 aromatic heterocycles. The summed E-state index contributed by atoms with van der Waals surface area (Å²) in [6.45, 7) is 1.76. The van der Waals surface area contributed by atoms with Gasteiger partial charge in [-0.25, -0.2) is 0 Å². The maximum absolute atomic E-state index is 10.5. The van der Waals surface area contributed by atoms with E-state index < -0.39 is 6.04 Å². The Hall–Kier alpha value is -0.410. The number of hydrogen-bond donors (Lipinski definition) is 1. The van der Waals surface area contributed by atoms with Crippen molar-refractivity contribution in [1.82, 2.24) is 0 Å². The molecule has 3 heteroatoms. The lowest BCUT2D eigenvalue weighted by Gasteiger charge is -1.99. The fourth-order valence-corrected chi connectivity index (χ4v) is 0.274. The van der Waals surface area contributed by atoms with Gasteiger partial charge in [0.15, 0.2) is 5.78 Å². The molecule has 0 aliphatic carbocycles. The number of ether oxygens (including phenoxy) is 1. The number of carbonyl (C=O) groups is 1. The van der Waals surface area contributed by atoms with E-state index in [2.05, 4.69) is 4.74 Å². The first-order valence-electron chi connectivity index (χ1n) is 2.45. The molecule has 0 saturated heterocycles. The SMILES string of the molecule is COCC(=O)C(C)N. The molecule has 0 radical (unpaired) electrons. The Balaban J connectivity index is 3.33. The lowest BCUT2D eigenvalue weighted by atomic mass is 10.2. The van der Waals surface area contributed by atoms with E-state index in [1.54, 1.807) is 6.92 Å². The number of methoxy groups -OCH3 is 1. The summed E-state index contributed by atoms with van der Waals surface area (Å²) in [6, 6.07) is -0.394. The molecule has 0 fully saturated rings. The van der Waals surface area contributed by atoms with Crippen molar-refractivity contribution < 1.29 is 9.53 Å². The van der Waals surface area contributed by atoms with Crippen molar-refractivity contribution in [2.75, 3.05) is 13.7 Å². The summed E-state index contributed by atoms with van der Waals surface area (Å²) in [5.74, 6) is -0.0625. The maximum atomic E-state index is 10.5. The van der Waals surface area contributed by atoms with E-state index in [9.17, 15) is 4.79 Å². The molecule has 0 amide bonds. The van der Waals surface area contributed by atoms with Crippen molar-refractivity contribution in [3.63, 3.8) is 0 Å². The summed E-state index contributed by atoms with van der Waals surface area (Å²) < 4.78 is 4.54. The molecule has 0 spiro atoms. The third kappa shape index (κ3) is 2.71.